The fraction of sp³-hybridized carbons (Fsp3) is 0.667. The van der Waals surface area contributed by atoms with E-state index in [2.05, 4.69) is 41.3 Å². The highest BCUT2D eigenvalue weighted by Gasteiger charge is 2.29. The summed E-state index contributed by atoms with van der Waals surface area (Å²) >= 11 is 0. The maximum Gasteiger partial charge on any atom is 0.229 e. The summed E-state index contributed by atoms with van der Waals surface area (Å²) < 4.78 is 7.27. The molecular weight excluding hydrogens is 266 g/mol. The van der Waals surface area contributed by atoms with Gasteiger partial charge in [-0.2, -0.15) is 10.1 Å². The Hall–Kier alpha value is -1.69. The monoisotopic (exact) mass is 289 g/mol. The number of nitrogens with one attached hydrogen (secondary N) is 1. The molecule has 1 saturated carbocycles. The molecule has 0 spiro atoms. The van der Waals surface area contributed by atoms with E-state index in [4.69, 9.17) is 4.52 Å². The second-order valence-corrected chi connectivity index (χ2v) is 5.81. The molecule has 6 nitrogen and oxygen atoms in total. The van der Waals surface area contributed by atoms with E-state index in [0.29, 0.717) is 12.5 Å². The number of hydrogen-bond acceptors (Lipinski definition) is 5. The van der Waals surface area contributed by atoms with Gasteiger partial charge in [0.1, 0.15) is 6.54 Å². The molecule has 1 fully saturated rings. The smallest absolute Gasteiger partial charge is 0.229 e. The van der Waals surface area contributed by atoms with Gasteiger partial charge in [0.2, 0.25) is 5.89 Å². The minimum Gasteiger partial charge on any atom is -0.339 e. The predicted octanol–water partition coefficient (Wildman–Crippen LogP) is 2.31. The van der Waals surface area contributed by atoms with E-state index in [1.165, 1.54) is 24.1 Å². The second-order valence-electron chi connectivity index (χ2n) is 5.81. The zero-order valence-corrected chi connectivity index (χ0v) is 13.0. The van der Waals surface area contributed by atoms with E-state index in [0.717, 1.165) is 36.9 Å². The van der Waals surface area contributed by atoms with Gasteiger partial charge in [0.15, 0.2) is 5.82 Å². The Labute approximate surface area is 124 Å². The van der Waals surface area contributed by atoms with Crippen LogP contribution in [0.3, 0.4) is 0 Å². The third kappa shape index (κ3) is 3.15. The van der Waals surface area contributed by atoms with E-state index in [-0.39, 0.29) is 0 Å². The van der Waals surface area contributed by atoms with E-state index in [1.807, 2.05) is 4.68 Å². The largest absolute Gasteiger partial charge is 0.339 e. The van der Waals surface area contributed by atoms with E-state index in [9.17, 15) is 0 Å². The first-order chi connectivity index (χ1) is 10.2. The Morgan fingerprint density at radius 2 is 2.14 bits per heavy atom. The van der Waals surface area contributed by atoms with E-state index in [1.54, 1.807) is 0 Å². The molecule has 0 aliphatic heterocycles. The standard InChI is InChI=1S/C15H23N5O/c1-4-7-16-8-13-10(2)18-20(11(13)3)9-14-17-15(21-19-14)12-5-6-12/h12,16H,4-9H2,1-3H3. The van der Waals surface area contributed by atoms with Crippen LogP contribution in [-0.2, 0) is 13.1 Å². The van der Waals surface area contributed by atoms with Crippen LogP contribution in [-0.4, -0.2) is 26.5 Å². The molecule has 114 valence electrons. The molecule has 0 bridgehead atoms. The summed E-state index contributed by atoms with van der Waals surface area (Å²) in [5.41, 5.74) is 3.52. The zero-order chi connectivity index (χ0) is 14.8. The Kier molecular flexibility index (Phi) is 4.05. The van der Waals surface area contributed by atoms with E-state index >= 15 is 0 Å². The van der Waals surface area contributed by atoms with Crippen LogP contribution in [0.2, 0.25) is 0 Å². The van der Waals surface area contributed by atoms with Crippen molar-refractivity contribution in [3.05, 3.63) is 28.7 Å². The van der Waals surface area contributed by atoms with Gasteiger partial charge in [0.05, 0.1) is 5.69 Å². The zero-order valence-electron chi connectivity index (χ0n) is 13.0. The highest BCUT2D eigenvalue weighted by Crippen LogP contribution is 2.38. The van der Waals surface area contributed by atoms with Gasteiger partial charge in [0.25, 0.3) is 0 Å². The van der Waals surface area contributed by atoms with Crippen molar-refractivity contribution < 1.29 is 4.52 Å². The molecule has 0 unspecified atom stereocenters. The average Bonchev–Trinajstić information content (AvgIpc) is 3.16. The molecule has 2 heterocycles. The predicted molar refractivity (Wildman–Crippen MR) is 79.1 cm³/mol. The summed E-state index contributed by atoms with van der Waals surface area (Å²) in [4.78, 5) is 4.47. The molecule has 1 aliphatic carbocycles. The van der Waals surface area contributed by atoms with Crippen LogP contribution in [0.25, 0.3) is 0 Å². The topological polar surface area (TPSA) is 68.8 Å². The molecule has 6 heteroatoms. The Bertz CT molecular complexity index is 612. The minimum absolute atomic E-state index is 0.500. The van der Waals surface area contributed by atoms with Crippen LogP contribution in [0.15, 0.2) is 4.52 Å². The van der Waals surface area contributed by atoms with Crippen LogP contribution in [0.4, 0.5) is 0 Å². The molecule has 2 aromatic rings. The third-order valence-electron chi connectivity index (χ3n) is 3.96. The molecule has 1 aliphatic rings. The van der Waals surface area contributed by atoms with Crippen molar-refractivity contribution in [2.75, 3.05) is 6.54 Å². The molecule has 21 heavy (non-hydrogen) atoms. The summed E-state index contributed by atoms with van der Waals surface area (Å²) in [5, 5.41) is 12.1. The van der Waals surface area contributed by atoms with Crippen molar-refractivity contribution in [2.24, 2.45) is 0 Å². The lowest BCUT2D eigenvalue weighted by atomic mass is 10.2. The molecule has 3 rings (SSSR count). The highest BCUT2D eigenvalue weighted by molar-refractivity contribution is 5.24. The Balaban J connectivity index is 1.70. The average molecular weight is 289 g/mol. The van der Waals surface area contributed by atoms with Gasteiger partial charge < -0.3 is 9.84 Å². The number of hydrogen-bond donors (Lipinski definition) is 1. The fourth-order valence-corrected chi connectivity index (χ4v) is 2.50. The number of aromatic nitrogens is 4. The first kappa shape index (κ1) is 14.3. The van der Waals surface area contributed by atoms with Gasteiger partial charge in [-0.05, 0) is 39.7 Å². The molecular formula is C15H23N5O. The second kappa shape index (κ2) is 5.97. The normalized spacial score (nSPS) is 14.8. The van der Waals surface area contributed by atoms with Crippen LogP contribution >= 0.6 is 0 Å². The van der Waals surface area contributed by atoms with Crippen molar-refractivity contribution in [3.8, 4) is 0 Å². The third-order valence-corrected chi connectivity index (χ3v) is 3.96. The highest BCUT2D eigenvalue weighted by atomic mass is 16.5. The first-order valence-electron chi connectivity index (χ1n) is 7.75. The lowest BCUT2D eigenvalue weighted by Crippen LogP contribution is -2.15. The molecule has 1 N–H and O–H groups in total. The summed E-state index contributed by atoms with van der Waals surface area (Å²) in [7, 11) is 0. The van der Waals surface area contributed by atoms with Crippen LogP contribution in [0.5, 0.6) is 0 Å². The number of rotatable bonds is 7. The molecule has 0 saturated heterocycles. The SMILES string of the molecule is CCCNCc1c(C)nn(Cc2noc(C3CC3)n2)c1C. The maximum atomic E-state index is 5.30. The van der Waals surface area contributed by atoms with Gasteiger partial charge in [0, 0.05) is 23.7 Å². The van der Waals surface area contributed by atoms with Gasteiger partial charge in [-0.25, -0.2) is 0 Å². The summed E-state index contributed by atoms with van der Waals surface area (Å²) in [6, 6.07) is 0. The lowest BCUT2D eigenvalue weighted by molar-refractivity contribution is 0.372. The van der Waals surface area contributed by atoms with Gasteiger partial charge >= 0.3 is 0 Å². The van der Waals surface area contributed by atoms with Crippen molar-refractivity contribution in [2.45, 2.75) is 59.0 Å². The minimum atomic E-state index is 0.500. The Morgan fingerprint density at radius 3 is 2.86 bits per heavy atom. The van der Waals surface area contributed by atoms with E-state index < -0.39 is 0 Å². The van der Waals surface area contributed by atoms with Crippen LogP contribution in [0.1, 0.15) is 60.8 Å². The summed E-state index contributed by atoms with van der Waals surface area (Å²) in [6.07, 6.45) is 3.49. The van der Waals surface area contributed by atoms with Crippen molar-refractivity contribution in [1.29, 1.82) is 0 Å². The Morgan fingerprint density at radius 1 is 1.33 bits per heavy atom. The number of aryl methyl sites for hydroxylation is 1. The van der Waals surface area contributed by atoms with Crippen molar-refractivity contribution in [1.82, 2.24) is 25.2 Å². The molecule has 2 aromatic heterocycles. The summed E-state index contributed by atoms with van der Waals surface area (Å²) in [6.45, 7) is 8.80. The molecule has 0 radical (unpaired) electrons. The van der Waals surface area contributed by atoms with Crippen LogP contribution < -0.4 is 5.32 Å². The quantitative estimate of drug-likeness (QED) is 0.792. The van der Waals surface area contributed by atoms with Crippen molar-refractivity contribution in [3.63, 3.8) is 0 Å². The van der Waals surface area contributed by atoms with Gasteiger partial charge in [-0.3, -0.25) is 4.68 Å². The maximum absolute atomic E-state index is 5.30. The first-order valence-corrected chi connectivity index (χ1v) is 7.75. The lowest BCUT2D eigenvalue weighted by Gasteiger charge is -2.04. The van der Waals surface area contributed by atoms with Crippen molar-refractivity contribution >= 4 is 0 Å². The van der Waals surface area contributed by atoms with Gasteiger partial charge in [-0.15, -0.1) is 0 Å². The van der Waals surface area contributed by atoms with Crippen LogP contribution in [0, 0.1) is 13.8 Å². The molecule has 0 atom stereocenters. The fourth-order valence-electron chi connectivity index (χ4n) is 2.50. The van der Waals surface area contributed by atoms with Gasteiger partial charge in [-0.1, -0.05) is 12.1 Å². The number of nitrogens with zero attached hydrogens (tertiary/aromatic N) is 4. The molecule has 0 aromatic carbocycles. The summed E-state index contributed by atoms with van der Waals surface area (Å²) in [5.74, 6) is 2.01. The molecule has 0 amide bonds.